The van der Waals surface area contributed by atoms with Crippen LogP contribution in [-0.2, 0) is 19.6 Å². The van der Waals surface area contributed by atoms with Crippen molar-refractivity contribution in [3.63, 3.8) is 0 Å². The molecule has 4 nitrogen and oxygen atoms in total. The van der Waals surface area contributed by atoms with Crippen molar-refractivity contribution < 1.29 is 0 Å². The van der Waals surface area contributed by atoms with Crippen LogP contribution in [0.3, 0.4) is 0 Å². The molecular formula is C16H18N4. The summed E-state index contributed by atoms with van der Waals surface area (Å²) in [7, 11) is 0. The Morgan fingerprint density at radius 1 is 1.20 bits per heavy atom. The van der Waals surface area contributed by atoms with Gasteiger partial charge in [-0.25, -0.2) is 4.98 Å². The lowest BCUT2D eigenvalue weighted by molar-refractivity contribution is 0.208. The zero-order valence-corrected chi connectivity index (χ0v) is 11.9. The second kappa shape index (κ2) is 5.10. The number of aryl methyl sites for hydroxylation is 1. The Labute approximate surface area is 119 Å². The summed E-state index contributed by atoms with van der Waals surface area (Å²) in [5.74, 6) is 1.17. The van der Waals surface area contributed by atoms with Crippen molar-refractivity contribution in [3.8, 4) is 6.07 Å². The summed E-state index contributed by atoms with van der Waals surface area (Å²) in [5, 5.41) is 8.82. The molecule has 1 aromatic carbocycles. The monoisotopic (exact) mass is 266 g/mol. The molecule has 1 aliphatic heterocycles. The van der Waals surface area contributed by atoms with Gasteiger partial charge in [0.25, 0.3) is 0 Å². The normalized spacial score (nSPS) is 14.8. The number of fused-ring (bicyclic) bond motifs is 1. The van der Waals surface area contributed by atoms with E-state index in [2.05, 4.69) is 34.4 Å². The number of nitriles is 1. The molecule has 0 fully saturated rings. The molecule has 0 atom stereocenters. The molecule has 0 bridgehead atoms. The van der Waals surface area contributed by atoms with Crippen LogP contribution in [0.15, 0.2) is 24.3 Å². The second-order valence-corrected chi connectivity index (χ2v) is 5.37. The van der Waals surface area contributed by atoms with Crippen molar-refractivity contribution in [2.75, 3.05) is 6.54 Å². The molecule has 0 spiro atoms. The summed E-state index contributed by atoms with van der Waals surface area (Å²) < 4.78 is 2.32. The molecule has 0 N–H and O–H groups in total. The van der Waals surface area contributed by atoms with Gasteiger partial charge in [0.05, 0.1) is 23.9 Å². The average Bonchev–Trinajstić information content (AvgIpc) is 2.74. The molecule has 0 radical (unpaired) electrons. The van der Waals surface area contributed by atoms with Crippen LogP contribution in [0.2, 0.25) is 0 Å². The first kappa shape index (κ1) is 12.9. The van der Waals surface area contributed by atoms with Crippen molar-refractivity contribution in [2.24, 2.45) is 0 Å². The topological polar surface area (TPSA) is 44.9 Å². The minimum absolute atomic E-state index is 0.717. The number of hydrogen-bond donors (Lipinski definition) is 0. The first-order chi connectivity index (χ1) is 9.67. The van der Waals surface area contributed by atoms with Gasteiger partial charge in [-0.1, -0.05) is 12.1 Å². The molecule has 0 aliphatic carbocycles. The minimum atomic E-state index is 0.717. The maximum Gasteiger partial charge on any atom is 0.123 e. The number of hydrogen-bond acceptors (Lipinski definition) is 3. The third kappa shape index (κ3) is 2.33. The highest BCUT2D eigenvalue weighted by molar-refractivity contribution is 5.31. The molecule has 0 saturated heterocycles. The number of nitrogens with zero attached hydrogens (tertiary/aromatic N) is 4. The van der Waals surface area contributed by atoms with Crippen LogP contribution in [0, 0.1) is 25.2 Å². The maximum atomic E-state index is 8.82. The van der Waals surface area contributed by atoms with Crippen LogP contribution in [0.1, 0.15) is 28.3 Å². The number of benzene rings is 1. The molecule has 0 unspecified atom stereocenters. The van der Waals surface area contributed by atoms with Crippen molar-refractivity contribution in [2.45, 2.75) is 33.5 Å². The van der Waals surface area contributed by atoms with Gasteiger partial charge in [0.15, 0.2) is 0 Å². The molecule has 4 heteroatoms. The second-order valence-electron chi connectivity index (χ2n) is 5.37. The average molecular weight is 266 g/mol. The van der Waals surface area contributed by atoms with E-state index in [1.54, 1.807) is 0 Å². The van der Waals surface area contributed by atoms with Crippen LogP contribution in [0.5, 0.6) is 0 Å². The van der Waals surface area contributed by atoms with E-state index in [-0.39, 0.29) is 0 Å². The van der Waals surface area contributed by atoms with E-state index in [4.69, 9.17) is 5.26 Å². The van der Waals surface area contributed by atoms with Crippen molar-refractivity contribution >= 4 is 0 Å². The zero-order valence-electron chi connectivity index (χ0n) is 11.9. The third-order valence-corrected chi connectivity index (χ3v) is 4.03. The van der Waals surface area contributed by atoms with Crippen LogP contribution >= 0.6 is 0 Å². The van der Waals surface area contributed by atoms with Crippen LogP contribution in [-0.4, -0.2) is 21.0 Å². The molecule has 3 rings (SSSR count). The lowest BCUT2D eigenvalue weighted by Gasteiger charge is -2.28. The molecule has 20 heavy (non-hydrogen) atoms. The lowest BCUT2D eigenvalue weighted by Crippen LogP contribution is -2.33. The Bertz CT molecular complexity index is 661. The SMILES string of the molecule is Cc1nc2n(c1C)CCN(Cc1ccc(C#N)cc1)C2. The molecule has 1 aliphatic rings. The highest BCUT2D eigenvalue weighted by Gasteiger charge is 2.20. The largest absolute Gasteiger partial charge is 0.330 e. The third-order valence-electron chi connectivity index (χ3n) is 4.03. The van der Waals surface area contributed by atoms with Crippen molar-refractivity contribution in [3.05, 3.63) is 52.6 Å². The standard InChI is InChI=1S/C16H18N4/c1-12-13(2)20-8-7-19(11-16(20)18-12)10-15-5-3-14(9-17)4-6-15/h3-6H,7-8,10-11H2,1-2H3. The zero-order chi connectivity index (χ0) is 14.1. The first-order valence-corrected chi connectivity index (χ1v) is 6.91. The minimum Gasteiger partial charge on any atom is -0.330 e. The number of aromatic nitrogens is 2. The molecule has 0 saturated carbocycles. The van der Waals surface area contributed by atoms with Gasteiger partial charge in [0, 0.05) is 25.3 Å². The fourth-order valence-corrected chi connectivity index (χ4v) is 2.74. The predicted octanol–water partition coefficient (Wildman–Crippen LogP) is 2.39. The summed E-state index contributed by atoms with van der Waals surface area (Å²) in [5.41, 5.74) is 4.39. The Morgan fingerprint density at radius 2 is 1.95 bits per heavy atom. The number of imidazole rings is 1. The van der Waals surface area contributed by atoms with E-state index in [9.17, 15) is 0 Å². The maximum absolute atomic E-state index is 8.82. The first-order valence-electron chi connectivity index (χ1n) is 6.91. The summed E-state index contributed by atoms with van der Waals surface area (Å²) in [6, 6.07) is 10.00. The van der Waals surface area contributed by atoms with Crippen LogP contribution in [0.25, 0.3) is 0 Å². The van der Waals surface area contributed by atoms with E-state index in [0.29, 0.717) is 5.56 Å². The summed E-state index contributed by atoms with van der Waals surface area (Å²) in [6.07, 6.45) is 0. The molecule has 102 valence electrons. The number of rotatable bonds is 2. The Kier molecular flexibility index (Phi) is 3.29. The molecule has 2 aromatic rings. The van der Waals surface area contributed by atoms with Gasteiger partial charge in [0.1, 0.15) is 5.82 Å². The summed E-state index contributed by atoms with van der Waals surface area (Å²) in [4.78, 5) is 7.05. The van der Waals surface area contributed by atoms with E-state index in [1.807, 2.05) is 24.3 Å². The van der Waals surface area contributed by atoms with Crippen molar-refractivity contribution in [1.82, 2.24) is 14.5 Å². The summed E-state index contributed by atoms with van der Waals surface area (Å²) >= 11 is 0. The highest BCUT2D eigenvalue weighted by atomic mass is 15.2. The van der Waals surface area contributed by atoms with Gasteiger partial charge in [-0.3, -0.25) is 4.90 Å². The van der Waals surface area contributed by atoms with Crippen LogP contribution < -0.4 is 0 Å². The van der Waals surface area contributed by atoms with Crippen molar-refractivity contribution in [1.29, 1.82) is 5.26 Å². The van der Waals surface area contributed by atoms with Gasteiger partial charge in [-0.05, 0) is 31.5 Å². The van der Waals surface area contributed by atoms with E-state index < -0.39 is 0 Å². The van der Waals surface area contributed by atoms with Gasteiger partial charge in [-0.2, -0.15) is 5.26 Å². The van der Waals surface area contributed by atoms with Crippen LogP contribution in [0.4, 0.5) is 0 Å². The fourth-order valence-electron chi connectivity index (χ4n) is 2.74. The molecular weight excluding hydrogens is 248 g/mol. The Morgan fingerprint density at radius 3 is 2.65 bits per heavy atom. The smallest absolute Gasteiger partial charge is 0.123 e. The Balaban J connectivity index is 1.72. The quantitative estimate of drug-likeness (QED) is 0.838. The van der Waals surface area contributed by atoms with Gasteiger partial charge in [-0.15, -0.1) is 0 Å². The Hall–Kier alpha value is -2.12. The van der Waals surface area contributed by atoms with Gasteiger partial charge >= 0.3 is 0 Å². The molecule has 1 aromatic heterocycles. The predicted molar refractivity (Wildman–Crippen MR) is 77.0 cm³/mol. The lowest BCUT2D eigenvalue weighted by atomic mass is 10.1. The fraction of sp³-hybridized carbons (Fsp3) is 0.375. The summed E-state index contributed by atoms with van der Waals surface area (Å²) in [6.45, 7) is 8.08. The van der Waals surface area contributed by atoms with E-state index >= 15 is 0 Å². The van der Waals surface area contributed by atoms with E-state index in [1.165, 1.54) is 17.1 Å². The molecule has 0 amide bonds. The van der Waals surface area contributed by atoms with E-state index in [0.717, 1.165) is 31.9 Å². The van der Waals surface area contributed by atoms with Gasteiger partial charge in [0.2, 0.25) is 0 Å². The highest BCUT2D eigenvalue weighted by Crippen LogP contribution is 2.18. The van der Waals surface area contributed by atoms with Gasteiger partial charge < -0.3 is 4.57 Å². The molecule has 2 heterocycles.